The lowest BCUT2D eigenvalue weighted by Gasteiger charge is -2.34. The van der Waals surface area contributed by atoms with Crippen molar-refractivity contribution >= 4 is 12.2 Å². The van der Waals surface area contributed by atoms with Crippen LogP contribution in [-0.2, 0) is 4.79 Å². The Kier molecular flexibility index (Phi) is 2.67. The highest BCUT2D eigenvalue weighted by atomic mass is 16.2. The molecule has 0 bridgehead atoms. The molecule has 0 aromatic heterocycles. The van der Waals surface area contributed by atoms with E-state index in [1.54, 1.807) is 6.34 Å². The van der Waals surface area contributed by atoms with Gasteiger partial charge in [-0.1, -0.05) is 30.3 Å². The van der Waals surface area contributed by atoms with Gasteiger partial charge >= 0.3 is 0 Å². The third-order valence-corrected chi connectivity index (χ3v) is 4.77. The summed E-state index contributed by atoms with van der Waals surface area (Å²) in [4.78, 5) is 18.6. The molecule has 4 nitrogen and oxygen atoms in total. The second-order valence-electron chi connectivity index (χ2n) is 6.09. The normalized spacial score (nSPS) is 31.0. The lowest BCUT2D eigenvalue weighted by molar-refractivity contribution is -0.129. The highest BCUT2D eigenvalue weighted by Gasteiger charge is 2.55. The van der Waals surface area contributed by atoms with Gasteiger partial charge < -0.3 is 5.32 Å². The minimum absolute atomic E-state index is 0.225. The van der Waals surface area contributed by atoms with E-state index < -0.39 is 0 Å². The highest BCUT2D eigenvalue weighted by Crippen LogP contribution is 2.44. The van der Waals surface area contributed by atoms with Crippen LogP contribution in [0.15, 0.2) is 35.3 Å². The van der Waals surface area contributed by atoms with Gasteiger partial charge in [-0.2, -0.15) is 0 Å². The van der Waals surface area contributed by atoms with E-state index in [-0.39, 0.29) is 17.5 Å². The minimum atomic E-state index is -0.337. The first-order valence-electron chi connectivity index (χ1n) is 7.45. The molecule has 20 heavy (non-hydrogen) atoms. The summed E-state index contributed by atoms with van der Waals surface area (Å²) < 4.78 is 0. The van der Waals surface area contributed by atoms with Gasteiger partial charge in [0, 0.05) is 12.6 Å². The Labute approximate surface area is 118 Å². The zero-order valence-electron chi connectivity index (χ0n) is 11.5. The molecule has 1 aromatic rings. The van der Waals surface area contributed by atoms with Crippen molar-refractivity contribution in [3.63, 3.8) is 0 Å². The maximum Gasteiger partial charge on any atom is 0.255 e. The fourth-order valence-corrected chi connectivity index (χ4v) is 3.29. The third-order valence-electron chi connectivity index (χ3n) is 4.77. The van der Waals surface area contributed by atoms with E-state index in [2.05, 4.69) is 34.6 Å². The van der Waals surface area contributed by atoms with Crippen molar-refractivity contribution in [2.75, 3.05) is 6.54 Å². The number of carbonyl (C=O) groups excluding carboxylic acids is 1. The number of hydrogen-bond donors (Lipinski definition) is 1. The summed E-state index contributed by atoms with van der Waals surface area (Å²) in [6.07, 6.45) is 5.77. The number of aliphatic imine (C=N–C) groups is 1. The topological polar surface area (TPSA) is 44.7 Å². The maximum atomic E-state index is 12.3. The molecule has 0 radical (unpaired) electrons. The number of benzene rings is 1. The zero-order chi connectivity index (χ0) is 13.6. The summed E-state index contributed by atoms with van der Waals surface area (Å²) in [6.45, 7) is 0.855. The van der Waals surface area contributed by atoms with E-state index in [0.717, 1.165) is 32.2 Å². The number of nitrogens with zero attached hydrogens (tertiary/aromatic N) is 2. The van der Waals surface area contributed by atoms with E-state index in [4.69, 9.17) is 0 Å². The molecule has 3 aliphatic rings. The van der Waals surface area contributed by atoms with Crippen LogP contribution in [-0.4, -0.2) is 35.3 Å². The minimum Gasteiger partial charge on any atom is -0.308 e. The summed E-state index contributed by atoms with van der Waals surface area (Å²) in [5.41, 5.74) is 1.00. The molecule has 1 spiro atoms. The van der Waals surface area contributed by atoms with Crippen LogP contribution in [0.5, 0.6) is 0 Å². The molecule has 1 N–H and O–H groups in total. The Balaban J connectivity index is 1.41. The van der Waals surface area contributed by atoms with E-state index >= 15 is 0 Å². The molecule has 1 amide bonds. The number of piperidine rings is 1. The Morgan fingerprint density at radius 2 is 2.00 bits per heavy atom. The largest absolute Gasteiger partial charge is 0.308 e. The average molecular weight is 269 g/mol. The molecule has 2 heterocycles. The number of carbonyl (C=O) groups is 1. The van der Waals surface area contributed by atoms with Gasteiger partial charge in [0.2, 0.25) is 0 Å². The van der Waals surface area contributed by atoms with Gasteiger partial charge in [-0.25, -0.2) is 0 Å². The highest BCUT2D eigenvalue weighted by molar-refractivity contribution is 6.02. The lowest BCUT2D eigenvalue weighted by atomic mass is 9.94. The molecule has 4 rings (SSSR count). The first kappa shape index (κ1) is 12.1. The fourth-order valence-electron chi connectivity index (χ4n) is 3.29. The summed E-state index contributed by atoms with van der Waals surface area (Å²) in [7, 11) is 0. The molecule has 2 atom stereocenters. The zero-order valence-corrected chi connectivity index (χ0v) is 11.5. The van der Waals surface area contributed by atoms with Gasteiger partial charge in [0.1, 0.15) is 5.54 Å². The molecule has 1 aromatic carbocycles. The van der Waals surface area contributed by atoms with Crippen molar-refractivity contribution in [2.24, 2.45) is 4.99 Å². The standard InChI is InChI=1S/C16H19N3O/c20-15-16(8-9-16)18-11-19(15)13-6-7-14(17-10-13)12-4-2-1-3-5-12/h1-5,11,13-14,17H,6-10H2. The van der Waals surface area contributed by atoms with Gasteiger partial charge in [0.15, 0.2) is 0 Å². The quantitative estimate of drug-likeness (QED) is 0.891. The van der Waals surface area contributed by atoms with Crippen molar-refractivity contribution in [1.82, 2.24) is 10.2 Å². The van der Waals surface area contributed by atoms with Crippen LogP contribution < -0.4 is 5.32 Å². The number of hydrogen-bond acceptors (Lipinski definition) is 3. The fraction of sp³-hybridized carbons (Fsp3) is 0.500. The number of nitrogens with one attached hydrogen (secondary N) is 1. The maximum absolute atomic E-state index is 12.3. The molecule has 2 unspecified atom stereocenters. The Morgan fingerprint density at radius 1 is 1.20 bits per heavy atom. The van der Waals surface area contributed by atoms with Crippen LogP contribution >= 0.6 is 0 Å². The van der Waals surface area contributed by atoms with Gasteiger partial charge in [-0.05, 0) is 31.2 Å². The number of amides is 1. The first-order chi connectivity index (χ1) is 9.78. The van der Waals surface area contributed by atoms with E-state index in [1.165, 1.54) is 5.56 Å². The van der Waals surface area contributed by atoms with Gasteiger partial charge in [0.25, 0.3) is 5.91 Å². The van der Waals surface area contributed by atoms with Gasteiger partial charge in [-0.3, -0.25) is 14.7 Å². The SMILES string of the molecule is O=C1N(C2CCC(c3ccccc3)NC2)C=NC12CC2. The predicted octanol–water partition coefficient (Wildman–Crippen LogP) is 1.88. The Hall–Kier alpha value is -1.68. The van der Waals surface area contributed by atoms with Crippen LogP contribution in [0.25, 0.3) is 0 Å². The molecular weight excluding hydrogens is 250 g/mol. The van der Waals surface area contributed by atoms with Crippen molar-refractivity contribution in [3.05, 3.63) is 35.9 Å². The molecule has 104 valence electrons. The van der Waals surface area contributed by atoms with Crippen molar-refractivity contribution in [1.29, 1.82) is 0 Å². The van der Waals surface area contributed by atoms with Gasteiger partial charge in [-0.15, -0.1) is 0 Å². The van der Waals surface area contributed by atoms with Crippen molar-refractivity contribution in [2.45, 2.75) is 43.3 Å². The average Bonchev–Trinajstić information content (AvgIpc) is 3.23. The van der Waals surface area contributed by atoms with Crippen LogP contribution in [0.3, 0.4) is 0 Å². The summed E-state index contributed by atoms with van der Waals surface area (Å²) in [5, 5.41) is 3.58. The van der Waals surface area contributed by atoms with Crippen molar-refractivity contribution in [3.8, 4) is 0 Å². The molecule has 1 saturated carbocycles. The predicted molar refractivity (Wildman–Crippen MR) is 77.5 cm³/mol. The summed E-state index contributed by atoms with van der Waals surface area (Å²) in [5.74, 6) is 0.225. The molecule has 2 fully saturated rings. The second kappa shape index (κ2) is 4.42. The molecule has 1 aliphatic carbocycles. The van der Waals surface area contributed by atoms with Crippen LogP contribution in [0.4, 0.5) is 0 Å². The van der Waals surface area contributed by atoms with Crippen molar-refractivity contribution < 1.29 is 4.79 Å². The first-order valence-corrected chi connectivity index (χ1v) is 7.45. The summed E-state index contributed by atoms with van der Waals surface area (Å²) >= 11 is 0. The smallest absolute Gasteiger partial charge is 0.255 e. The van der Waals surface area contributed by atoms with E-state index in [0.29, 0.717) is 6.04 Å². The van der Waals surface area contributed by atoms with Crippen LogP contribution in [0.1, 0.15) is 37.3 Å². The third kappa shape index (κ3) is 1.86. The molecule has 4 heteroatoms. The number of rotatable bonds is 2. The monoisotopic (exact) mass is 269 g/mol. The molecule has 1 saturated heterocycles. The Morgan fingerprint density at radius 3 is 2.60 bits per heavy atom. The lowest BCUT2D eigenvalue weighted by Crippen LogP contribution is -2.49. The second-order valence-corrected chi connectivity index (χ2v) is 6.09. The summed E-state index contributed by atoms with van der Waals surface area (Å²) in [6, 6.07) is 11.2. The van der Waals surface area contributed by atoms with E-state index in [9.17, 15) is 4.79 Å². The van der Waals surface area contributed by atoms with Crippen LogP contribution in [0, 0.1) is 0 Å². The van der Waals surface area contributed by atoms with E-state index in [1.807, 2.05) is 11.0 Å². The molecular formula is C16H19N3O. The van der Waals surface area contributed by atoms with Gasteiger partial charge in [0.05, 0.1) is 12.4 Å². The molecule has 2 aliphatic heterocycles. The van der Waals surface area contributed by atoms with Crippen LogP contribution in [0.2, 0.25) is 0 Å². The Bertz CT molecular complexity index is 542.